The molecule has 0 radical (unpaired) electrons. The van der Waals surface area contributed by atoms with E-state index in [4.69, 9.17) is 9.26 Å². The Morgan fingerprint density at radius 2 is 2.05 bits per heavy atom. The Balaban J connectivity index is 1.88. The van der Waals surface area contributed by atoms with Crippen LogP contribution in [0, 0.1) is 5.92 Å². The average Bonchev–Trinajstić information content (AvgIpc) is 2.96. The SMILES string of the molecule is COC1(c2noc(/C(F)=C(\C)C3CC3)n2)CCCC1. The van der Waals surface area contributed by atoms with Crippen LogP contribution in [0.1, 0.15) is 57.2 Å². The second-order valence-corrected chi connectivity index (χ2v) is 5.60. The Morgan fingerprint density at radius 1 is 1.37 bits per heavy atom. The van der Waals surface area contributed by atoms with Crippen LogP contribution in [0.4, 0.5) is 4.39 Å². The maximum absolute atomic E-state index is 14.2. The fraction of sp³-hybridized carbons (Fsp3) is 0.714. The van der Waals surface area contributed by atoms with Crippen LogP contribution in [-0.4, -0.2) is 17.3 Å². The van der Waals surface area contributed by atoms with Crippen LogP contribution in [0.25, 0.3) is 5.83 Å². The molecule has 0 aliphatic heterocycles. The highest BCUT2D eigenvalue weighted by Crippen LogP contribution is 2.42. The van der Waals surface area contributed by atoms with Gasteiger partial charge in [-0.25, -0.2) is 4.39 Å². The number of halogens is 1. The molecule has 1 aromatic heterocycles. The molecule has 0 amide bonds. The molecule has 1 heterocycles. The van der Waals surface area contributed by atoms with E-state index in [9.17, 15) is 4.39 Å². The van der Waals surface area contributed by atoms with Crippen molar-refractivity contribution in [3.05, 3.63) is 17.3 Å². The highest BCUT2D eigenvalue weighted by molar-refractivity contribution is 5.55. The minimum Gasteiger partial charge on any atom is -0.370 e. The summed E-state index contributed by atoms with van der Waals surface area (Å²) in [5.41, 5.74) is 0.253. The van der Waals surface area contributed by atoms with Gasteiger partial charge in [0.1, 0.15) is 5.60 Å². The van der Waals surface area contributed by atoms with Crippen molar-refractivity contribution in [3.63, 3.8) is 0 Å². The van der Waals surface area contributed by atoms with Crippen molar-refractivity contribution in [2.24, 2.45) is 5.92 Å². The van der Waals surface area contributed by atoms with Crippen LogP contribution in [-0.2, 0) is 10.3 Å². The van der Waals surface area contributed by atoms with E-state index in [2.05, 4.69) is 10.1 Å². The molecular formula is C14H19FN2O2. The number of hydrogen-bond acceptors (Lipinski definition) is 4. The average molecular weight is 266 g/mol. The van der Waals surface area contributed by atoms with Gasteiger partial charge in [-0.2, -0.15) is 4.98 Å². The van der Waals surface area contributed by atoms with Crippen LogP contribution in [0.2, 0.25) is 0 Å². The second kappa shape index (κ2) is 4.71. The Labute approximate surface area is 112 Å². The highest BCUT2D eigenvalue weighted by atomic mass is 19.1. The maximum Gasteiger partial charge on any atom is 0.286 e. The van der Waals surface area contributed by atoms with Crippen molar-refractivity contribution in [1.82, 2.24) is 10.1 Å². The quantitative estimate of drug-likeness (QED) is 0.835. The Hall–Kier alpha value is -1.23. The van der Waals surface area contributed by atoms with Gasteiger partial charge in [-0.05, 0) is 56.9 Å². The first-order valence-corrected chi connectivity index (χ1v) is 6.92. The fourth-order valence-corrected chi connectivity index (χ4v) is 2.83. The summed E-state index contributed by atoms with van der Waals surface area (Å²) in [7, 11) is 1.66. The molecule has 0 unspecified atom stereocenters. The van der Waals surface area contributed by atoms with Gasteiger partial charge in [-0.1, -0.05) is 5.16 Å². The summed E-state index contributed by atoms with van der Waals surface area (Å²) in [5.74, 6) is 0.493. The lowest BCUT2D eigenvalue weighted by Gasteiger charge is -2.22. The number of methoxy groups -OCH3 is 1. The number of nitrogens with zero attached hydrogens (tertiary/aromatic N) is 2. The number of aromatic nitrogens is 2. The number of hydrogen-bond donors (Lipinski definition) is 0. The van der Waals surface area contributed by atoms with Crippen LogP contribution in [0.5, 0.6) is 0 Å². The monoisotopic (exact) mass is 266 g/mol. The van der Waals surface area contributed by atoms with Crippen LogP contribution >= 0.6 is 0 Å². The Kier molecular flexibility index (Phi) is 3.17. The molecule has 0 spiro atoms. The molecule has 0 atom stereocenters. The first-order valence-electron chi connectivity index (χ1n) is 6.92. The molecule has 3 rings (SSSR count). The van der Waals surface area contributed by atoms with Crippen molar-refractivity contribution in [1.29, 1.82) is 0 Å². The van der Waals surface area contributed by atoms with E-state index in [0.717, 1.165) is 44.1 Å². The minimum absolute atomic E-state index is 0.00252. The summed E-state index contributed by atoms with van der Waals surface area (Å²) in [5, 5.41) is 3.94. The third-order valence-corrected chi connectivity index (χ3v) is 4.36. The van der Waals surface area contributed by atoms with Gasteiger partial charge in [0.2, 0.25) is 5.82 Å². The standard InChI is InChI=1S/C14H19FN2O2/c1-9(10-5-6-10)11(15)12-16-13(17-19-12)14(18-2)7-3-4-8-14/h10H,3-8H2,1-2H3/b11-9-. The van der Waals surface area contributed by atoms with Gasteiger partial charge in [0.25, 0.3) is 5.89 Å². The third kappa shape index (κ3) is 2.20. The van der Waals surface area contributed by atoms with Crippen molar-refractivity contribution < 1.29 is 13.7 Å². The first kappa shape index (κ1) is 12.8. The van der Waals surface area contributed by atoms with E-state index in [0.29, 0.717) is 11.7 Å². The summed E-state index contributed by atoms with van der Waals surface area (Å²) in [6.45, 7) is 1.80. The van der Waals surface area contributed by atoms with Crippen LogP contribution < -0.4 is 0 Å². The molecule has 4 nitrogen and oxygen atoms in total. The smallest absolute Gasteiger partial charge is 0.286 e. The molecule has 5 heteroatoms. The van der Waals surface area contributed by atoms with Gasteiger partial charge in [0.05, 0.1) is 0 Å². The molecule has 2 fully saturated rings. The van der Waals surface area contributed by atoms with Gasteiger partial charge in [-0.15, -0.1) is 0 Å². The molecule has 0 aromatic carbocycles. The van der Waals surface area contributed by atoms with Crippen molar-refractivity contribution >= 4 is 5.83 Å². The third-order valence-electron chi connectivity index (χ3n) is 4.36. The number of allylic oxidation sites excluding steroid dienone is 1. The van der Waals surface area contributed by atoms with E-state index in [1.807, 2.05) is 0 Å². The molecule has 104 valence electrons. The Bertz CT molecular complexity index is 499. The van der Waals surface area contributed by atoms with Gasteiger partial charge >= 0.3 is 0 Å². The lowest BCUT2D eigenvalue weighted by atomic mass is 10.0. The van der Waals surface area contributed by atoms with E-state index in [1.54, 1.807) is 14.0 Å². The minimum atomic E-state index is -0.477. The van der Waals surface area contributed by atoms with Crippen molar-refractivity contribution in [2.45, 2.75) is 51.0 Å². The van der Waals surface area contributed by atoms with Gasteiger partial charge < -0.3 is 9.26 Å². The lowest BCUT2D eigenvalue weighted by molar-refractivity contribution is -0.0178. The molecule has 19 heavy (non-hydrogen) atoms. The summed E-state index contributed by atoms with van der Waals surface area (Å²) >= 11 is 0. The van der Waals surface area contributed by atoms with Crippen LogP contribution in [0.15, 0.2) is 10.1 Å². The van der Waals surface area contributed by atoms with E-state index in [-0.39, 0.29) is 11.7 Å². The number of ether oxygens (including phenoxy) is 1. The molecule has 0 bridgehead atoms. The molecule has 2 aliphatic carbocycles. The van der Waals surface area contributed by atoms with E-state index in [1.165, 1.54) is 0 Å². The fourth-order valence-electron chi connectivity index (χ4n) is 2.83. The predicted octanol–water partition coefficient (Wildman–Crippen LogP) is 3.60. The molecule has 2 saturated carbocycles. The van der Waals surface area contributed by atoms with Gasteiger partial charge in [-0.3, -0.25) is 0 Å². The summed E-state index contributed by atoms with van der Waals surface area (Å²) < 4.78 is 24.9. The molecule has 0 saturated heterocycles. The van der Waals surface area contributed by atoms with E-state index < -0.39 is 5.60 Å². The van der Waals surface area contributed by atoms with Gasteiger partial charge in [0, 0.05) is 7.11 Å². The predicted molar refractivity (Wildman–Crippen MR) is 67.9 cm³/mol. The van der Waals surface area contributed by atoms with Crippen molar-refractivity contribution in [2.75, 3.05) is 7.11 Å². The number of rotatable bonds is 4. The zero-order valence-electron chi connectivity index (χ0n) is 11.4. The van der Waals surface area contributed by atoms with E-state index >= 15 is 0 Å². The Morgan fingerprint density at radius 3 is 2.63 bits per heavy atom. The van der Waals surface area contributed by atoms with Gasteiger partial charge in [0.15, 0.2) is 5.83 Å². The van der Waals surface area contributed by atoms with Crippen LogP contribution in [0.3, 0.4) is 0 Å². The lowest BCUT2D eigenvalue weighted by Crippen LogP contribution is -2.26. The maximum atomic E-state index is 14.2. The molecule has 2 aliphatic rings. The zero-order valence-corrected chi connectivity index (χ0v) is 11.4. The first-order chi connectivity index (χ1) is 9.16. The summed E-state index contributed by atoms with van der Waals surface area (Å²) in [6, 6.07) is 0. The topological polar surface area (TPSA) is 48.2 Å². The van der Waals surface area contributed by atoms with Crippen molar-refractivity contribution in [3.8, 4) is 0 Å². The molecular weight excluding hydrogens is 247 g/mol. The largest absolute Gasteiger partial charge is 0.370 e. The summed E-state index contributed by atoms with van der Waals surface area (Å²) in [6.07, 6.45) is 6.02. The zero-order chi connectivity index (χ0) is 13.5. The molecule has 1 aromatic rings. The highest BCUT2D eigenvalue weighted by Gasteiger charge is 2.40. The molecule has 0 N–H and O–H groups in total. The normalized spacial score (nSPS) is 23.5. The summed E-state index contributed by atoms with van der Waals surface area (Å²) in [4.78, 5) is 4.23. The second-order valence-electron chi connectivity index (χ2n) is 5.60.